The molecule has 0 aromatic heterocycles. The average Bonchev–Trinajstić information content (AvgIpc) is 2.55. The van der Waals surface area contributed by atoms with Crippen LogP contribution in [0.1, 0.15) is 53.4 Å². The third-order valence-electron chi connectivity index (χ3n) is 4.62. The van der Waals surface area contributed by atoms with Gasteiger partial charge in [0.2, 0.25) is 0 Å². The highest BCUT2D eigenvalue weighted by molar-refractivity contribution is 5.96. The quantitative estimate of drug-likeness (QED) is 0.904. The molecule has 132 valence electrons. The molecule has 0 spiro atoms. The van der Waals surface area contributed by atoms with Gasteiger partial charge < -0.3 is 14.8 Å². The van der Waals surface area contributed by atoms with Crippen LogP contribution >= 0.6 is 0 Å². The number of fused-ring (bicyclic) bond motifs is 1. The first-order valence-electron chi connectivity index (χ1n) is 8.54. The van der Waals surface area contributed by atoms with E-state index in [1.165, 1.54) is 0 Å². The summed E-state index contributed by atoms with van der Waals surface area (Å²) in [6.45, 7) is 8.03. The van der Waals surface area contributed by atoms with Crippen molar-refractivity contribution in [3.8, 4) is 11.5 Å². The van der Waals surface area contributed by atoms with E-state index in [1.54, 1.807) is 7.11 Å². The summed E-state index contributed by atoms with van der Waals surface area (Å²) in [7, 11) is 1.64. The highest BCUT2D eigenvalue weighted by atomic mass is 16.5. The fourth-order valence-corrected chi connectivity index (χ4v) is 3.30. The van der Waals surface area contributed by atoms with Crippen LogP contribution in [0.4, 0.5) is 0 Å². The molecular formula is C21H25NO3. The van der Waals surface area contributed by atoms with Gasteiger partial charge in [0.1, 0.15) is 17.1 Å². The van der Waals surface area contributed by atoms with Crippen LogP contribution in [0.2, 0.25) is 0 Å². The summed E-state index contributed by atoms with van der Waals surface area (Å²) in [4.78, 5) is 12.9. The molecule has 2 aromatic rings. The zero-order valence-corrected chi connectivity index (χ0v) is 15.5. The first-order valence-corrected chi connectivity index (χ1v) is 8.54. The van der Waals surface area contributed by atoms with Crippen LogP contribution in [-0.2, 0) is 0 Å². The maximum absolute atomic E-state index is 12.9. The molecule has 3 rings (SSSR count). The molecule has 1 amide bonds. The van der Waals surface area contributed by atoms with Gasteiger partial charge in [-0.3, -0.25) is 4.79 Å². The van der Waals surface area contributed by atoms with Gasteiger partial charge in [-0.05, 0) is 57.5 Å². The zero-order chi connectivity index (χ0) is 18.2. The van der Waals surface area contributed by atoms with E-state index in [9.17, 15) is 4.79 Å². The molecule has 0 fully saturated rings. The summed E-state index contributed by atoms with van der Waals surface area (Å²) in [5.74, 6) is 1.49. The predicted octanol–water partition coefficient (Wildman–Crippen LogP) is 4.34. The standard InChI is InChI=1S/C21H25NO3/c1-13-6-7-14(2)16(10-13)20(23)22-18-12-21(3,4)25-19-9-8-15(24-5)11-17(18)19/h6-11,18H,12H2,1-5H3,(H,22,23)/t18-/m1/s1. The molecule has 1 atom stereocenters. The van der Waals surface area contributed by atoms with Crippen molar-refractivity contribution in [1.82, 2.24) is 5.32 Å². The molecular weight excluding hydrogens is 314 g/mol. The molecule has 1 aliphatic heterocycles. The van der Waals surface area contributed by atoms with Gasteiger partial charge in [0, 0.05) is 17.5 Å². The molecule has 25 heavy (non-hydrogen) atoms. The second-order valence-corrected chi connectivity index (χ2v) is 7.31. The van der Waals surface area contributed by atoms with Crippen LogP contribution in [0, 0.1) is 13.8 Å². The van der Waals surface area contributed by atoms with Crippen LogP contribution in [0.25, 0.3) is 0 Å². The Kier molecular flexibility index (Phi) is 4.46. The summed E-state index contributed by atoms with van der Waals surface area (Å²) in [6, 6.07) is 11.5. The van der Waals surface area contributed by atoms with Crippen LogP contribution in [-0.4, -0.2) is 18.6 Å². The predicted molar refractivity (Wildman–Crippen MR) is 98.4 cm³/mol. The molecule has 0 saturated carbocycles. The number of hydrogen-bond acceptors (Lipinski definition) is 3. The number of rotatable bonds is 3. The van der Waals surface area contributed by atoms with E-state index in [1.807, 2.05) is 64.1 Å². The normalized spacial score (nSPS) is 18.0. The van der Waals surface area contributed by atoms with Crippen molar-refractivity contribution in [1.29, 1.82) is 0 Å². The van der Waals surface area contributed by atoms with E-state index in [4.69, 9.17) is 9.47 Å². The van der Waals surface area contributed by atoms with Gasteiger partial charge in [-0.25, -0.2) is 0 Å². The number of benzene rings is 2. The van der Waals surface area contributed by atoms with E-state index in [0.717, 1.165) is 28.2 Å². The molecule has 1 aliphatic rings. The third kappa shape index (κ3) is 3.63. The lowest BCUT2D eigenvalue weighted by atomic mass is 9.89. The third-order valence-corrected chi connectivity index (χ3v) is 4.62. The summed E-state index contributed by atoms with van der Waals surface area (Å²) in [5.41, 5.74) is 3.37. The van der Waals surface area contributed by atoms with E-state index in [2.05, 4.69) is 5.32 Å². The summed E-state index contributed by atoms with van der Waals surface area (Å²) in [6.07, 6.45) is 0.698. The highest BCUT2D eigenvalue weighted by Gasteiger charge is 2.35. The molecule has 1 heterocycles. The second-order valence-electron chi connectivity index (χ2n) is 7.31. The van der Waals surface area contributed by atoms with Crippen molar-refractivity contribution >= 4 is 5.91 Å². The zero-order valence-electron chi connectivity index (χ0n) is 15.5. The van der Waals surface area contributed by atoms with Crippen LogP contribution in [0.5, 0.6) is 11.5 Å². The SMILES string of the molecule is COc1ccc2c(c1)[C@H](NC(=O)c1cc(C)ccc1C)CC(C)(C)O2. The van der Waals surface area contributed by atoms with Crippen LogP contribution in [0.15, 0.2) is 36.4 Å². The molecule has 0 bridgehead atoms. The second kappa shape index (κ2) is 6.43. The average molecular weight is 339 g/mol. The summed E-state index contributed by atoms with van der Waals surface area (Å²) < 4.78 is 11.4. The van der Waals surface area contributed by atoms with Crippen molar-refractivity contribution in [2.75, 3.05) is 7.11 Å². The molecule has 1 N–H and O–H groups in total. The highest BCUT2D eigenvalue weighted by Crippen LogP contribution is 2.41. The first kappa shape index (κ1) is 17.3. The number of aryl methyl sites for hydroxylation is 2. The largest absolute Gasteiger partial charge is 0.497 e. The van der Waals surface area contributed by atoms with E-state index < -0.39 is 0 Å². The Morgan fingerprint density at radius 1 is 1.20 bits per heavy atom. The van der Waals surface area contributed by atoms with Gasteiger partial charge in [-0.15, -0.1) is 0 Å². The Morgan fingerprint density at radius 2 is 1.96 bits per heavy atom. The van der Waals surface area contributed by atoms with E-state index in [0.29, 0.717) is 12.0 Å². The minimum Gasteiger partial charge on any atom is -0.497 e. The Bertz CT molecular complexity index is 811. The Hall–Kier alpha value is -2.49. The summed E-state index contributed by atoms with van der Waals surface area (Å²) in [5, 5.41) is 3.19. The van der Waals surface area contributed by atoms with Crippen molar-refractivity contribution in [2.45, 2.75) is 45.8 Å². The molecule has 2 aromatic carbocycles. The fraction of sp³-hybridized carbons (Fsp3) is 0.381. The number of hydrogen-bond donors (Lipinski definition) is 1. The molecule has 0 radical (unpaired) electrons. The number of ether oxygens (including phenoxy) is 2. The maximum Gasteiger partial charge on any atom is 0.252 e. The van der Waals surface area contributed by atoms with Crippen LogP contribution in [0.3, 0.4) is 0 Å². The minimum atomic E-state index is -0.346. The van der Waals surface area contributed by atoms with Gasteiger partial charge in [0.25, 0.3) is 5.91 Å². The Morgan fingerprint density at radius 3 is 2.68 bits per heavy atom. The molecule has 4 heteroatoms. The van der Waals surface area contributed by atoms with Gasteiger partial charge in [0.15, 0.2) is 0 Å². The van der Waals surface area contributed by atoms with Gasteiger partial charge in [-0.1, -0.05) is 17.7 Å². The van der Waals surface area contributed by atoms with E-state index >= 15 is 0 Å². The Balaban J connectivity index is 1.94. The van der Waals surface area contributed by atoms with E-state index in [-0.39, 0.29) is 17.6 Å². The lowest BCUT2D eigenvalue weighted by Crippen LogP contribution is -2.41. The minimum absolute atomic E-state index is 0.0577. The van der Waals surface area contributed by atoms with Gasteiger partial charge in [0.05, 0.1) is 13.2 Å². The lowest BCUT2D eigenvalue weighted by molar-refractivity contribution is 0.0618. The number of carbonyl (C=O) groups excluding carboxylic acids is 1. The van der Waals surface area contributed by atoms with Crippen LogP contribution < -0.4 is 14.8 Å². The maximum atomic E-state index is 12.9. The first-order chi connectivity index (χ1) is 11.8. The molecule has 0 unspecified atom stereocenters. The number of carbonyl (C=O) groups is 1. The lowest BCUT2D eigenvalue weighted by Gasteiger charge is -2.38. The topological polar surface area (TPSA) is 47.6 Å². The fourth-order valence-electron chi connectivity index (χ4n) is 3.30. The van der Waals surface area contributed by atoms with Crippen molar-refractivity contribution in [3.05, 3.63) is 58.7 Å². The number of methoxy groups -OCH3 is 1. The van der Waals surface area contributed by atoms with Gasteiger partial charge >= 0.3 is 0 Å². The number of amides is 1. The smallest absolute Gasteiger partial charge is 0.252 e. The molecule has 4 nitrogen and oxygen atoms in total. The molecule has 0 aliphatic carbocycles. The van der Waals surface area contributed by atoms with Crippen molar-refractivity contribution in [2.24, 2.45) is 0 Å². The van der Waals surface area contributed by atoms with Gasteiger partial charge in [-0.2, -0.15) is 0 Å². The Labute approximate surface area is 149 Å². The van der Waals surface area contributed by atoms with Crippen molar-refractivity contribution in [3.63, 3.8) is 0 Å². The monoisotopic (exact) mass is 339 g/mol. The summed E-state index contributed by atoms with van der Waals surface area (Å²) >= 11 is 0. The van der Waals surface area contributed by atoms with Crippen molar-refractivity contribution < 1.29 is 14.3 Å². The number of nitrogens with one attached hydrogen (secondary N) is 1. The molecule has 0 saturated heterocycles.